The van der Waals surface area contributed by atoms with Gasteiger partial charge < -0.3 is 14.4 Å². The van der Waals surface area contributed by atoms with Crippen LogP contribution in [0.1, 0.15) is 30.4 Å². The summed E-state index contributed by atoms with van der Waals surface area (Å²) in [4.78, 5) is 19.1. The maximum atomic E-state index is 13.0. The van der Waals surface area contributed by atoms with Crippen molar-refractivity contribution in [1.82, 2.24) is 9.55 Å². The molecule has 1 saturated carbocycles. The molecule has 8 heteroatoms. The molecule has 2 saturated heterocycles. The maximum Gasteiger partial charge on any atom is 0.352 e. The molecule has 0 amide bonds. The van der Waals surface area contributed by atoms with Crippen molar-refractivity contribution in [1.29, 1.82) is 0 Å². The van der Waals surface area contributed by atoms with Crippen LogP contribution in [-0.4, -0.2) is 28.2 Å². The predicted octanol–water partition coefficient (Wildman–Crippen LogP) is 5.15. The molecule has 176 valence electrons. The number of alkyl halides is 1. The topological polar surface area (TPSA) is 56.6 Å². The molecule has 4 aliphatic rings. The Morgan fingerprint density at radius 3 is 2.71 bits per heavy atom. The van der Waals surface area contributed by atoms with Gasteiger partial charge in [-0.3, -0.25) is 4.57 Å². The van der Waals surface area contributed by atoms with Crippen LogP contribution in [0.3, 0.4) is 0 Å². The van der Waals surface area contributed by atoms with Crippen LogP contribution in [0.15, 0.2) is 53.3 Å². The van der Waals surface area contributed by atoms with Crippen molar-refractivity contribution in [2.45, 2.75) is 44.4 Å². The predicted molar refractivity (Wildman–Crippen MR) is 128 cm³/mol. The van der Waals surface area contributed by atoms with E-state index in [1.54, 1.807) is 22.8 Å². The molecule has 3 aromatic rings. The molecule has 1 aliphatic carbocycles. The average molecular weight is 482 g/mol. The molecule has 0 N–H and O–H groups in total. The van der Waals surface area contributed by atoms with Crippen LogP contribution in [0.4, 0.5) is 10.2 Å². The highest BCUT2D eigenvalue weighted by atomic mass is 35.5. The van der Waals surface area contributed by atoms with Crippen molar-refractivity contribution in [3.05, 3.63) is 75.2 Å². The zero-order valence-electron chi connectivity index (χ0n) is 18.7. The molecule has 3 fully saturated rings. The fraction of sp³-hybridized carbons (Fsp3) is 0.385. The molecule has 0 unspecified atom stereocenters. The van der Waals surface area contributed by atoms with Crippen molar-refractivity contribution in [2.24, 2.45) is 5.92 Å². The minimum Gasteiger partial charge on any atom is -0.477 e. The minimum atomic E-state index is -0.639. The first-order valence-corrected chi connectivity index (χ1v) is 12.0. The first kappa shape index (κ1) is 21.5. The van der Waals surface area contributed by atoms with E-state index >= 15 is 0 Å². The first-order chi connectivity index (χ1) is 16.5. The summed E-state index contributed by atoms with van der Waals surface area (Å²) in [7, 11) is 0. The summed E-state index contributed by atoms with van der Waals surface area (Å²) >= 11 is 5.96. The van der Waals surface area contributed by atoms with E-state index in [0.717, 1.165) is 36.8 Å². The molecule has 2 bridgehead atoms. The number of rotatable bonds is 7. The van der Waals surface area contributed by atoms with E-state index in [1.165, 1.54) is 12.8 Å². The maximum absolute atomic E-state index is 13.0. The van der Waals surface area contributed by atoms with E-state index in [2.05, 4.69) is 9.88 Å². The zero-order valence-corrected chi connectivity index (χ0v) is 19.4. The second kappa shape index (κ2) is 8.31. The Hall–Kier alpha value is -3.06. The monoisotopic (exact) mass is 481 g/mol. The quantitative estimate of drug-likeness (QED) is 0.467. The molecule has 1 spiro atoms. The molecule has 0 radical (unpaired) electrons. The van der Waals surface area contributed by atoms with Gasteiger partial charge in [-0.05, 0) is 61.1 Å². The van der Waals surface area contributed by atoms with E-state index in [-0.39, 0.29) is 11.2 Å². The number of aromatic nitrogens is 2. The smallest absolute Gasteiger partial charge is 0.352 e. The van der Waals surface area contributed by atoms with Crippen molar-refractivity contribution >= 4 is 17.4 Å². The Morgan fingerprint density at radius 1 is 1.12 bits per heavy atom. The molecule has 1 aromatic heterocycles. The fourth-order valence-electron chi connectivity index (χ4n) is 5.64. The standard InChI is InChI=1S/C26H25ClFN3O3/c27-22-6-5-21(11-19(22)15-28)34-20-3-1-17(2-4-20)7-10-33-23-12-24-30(25(32)29-23)9-8-26-13-18(14-26)16-31(24)26/h1-6,11-12,18H,7-10,13-16H2. The lowest BCUT2D eigenvalue weighted by Gasteiger charge is -2.46. The van der Waals surface area contributed by atoms with Crippen LogP contribution in [0, 0.1) is 5.92 Å². The molecular weight excluding hydrogens is 457 g/mol. The zero-order chi connectivity index (χ0) is 23.3. The first-order valence-electron chi connectivity index (χ1n) is 11.7. The fourth-order valence-corrected chi connectivity index (χ4v) is 5.81. The highest BCUT2D eigenvalue weighted by Gasteiger charge is 2.57. The number of ether oxygens (including phenoxy) is 2. The van der Waals surface area contributed by atoms with Gasteiger partial charge in [-0.1, -0.05) is 23.7 Å². The molecule has 6 nitrogen and oxygen atoms in total. The third kappa shape index (κ3) is 3.72. The number of halogens is 2. The molecule has 34 heavy (non-hydrogen) atoms. The Labute approximate surface area is 201 Å². The van der Waals surface area contributed by atoms with Crippen LogP contribution < -0.4 is 20.1 Å². The normalized spacial score (nSPS) is 22.1. The Morgan fingerprint density at radius 2 is 1.91 bits per heavy atom. The number of benzene rings is 2. The number of fused-ring (bicyclic) bond motifs is 1. The van der Waals surface area contributed by atoms with Gasteiger partial charge in [0, 0.05) is 41.7 Å². The Balaban J connectivity index is 1.08. The van der Waals surface area contributed by atoms with Crippen LogP contribution in [0.25, 0.3) is 0 Å². The van der Waals surface area contributed by atoms with Crippen LogP contribution in [0.2, 0.25) is 5.02 Å². The largest absolute Gasteiger partial charge is 0.477 e. The number of nitrogens with zero attached hydrogens (tertiary/aromatic N) is 3. The molecular formula is C26H25ClFN3O3. The van der Waals surface area contributed by atoms with Crippen molar-refractivity contribution in [2.75, 3.05) is 18.1 Å². The summed E-state index contributed by atoms with van der Waals surface area (Å²) in [6, 6.07) is 14.5. The second-order valence-corrected chi connectivity index (χ2v) is 9.88. The van der Waals surface area contributed by atoms with Gasteiger partial charge in [-0.15, -0.1) is 0 Å². The molecule has 0 atom stereocenters. The van der Waals surface area contributed by atoms with Crippen LogP contribution >= 0.6 is 11.6 Å². The second-order valence-electron chi connectivity index (χ2n) is 9.48. The highest BCUT2D eigenvalue weighted by molar-refractivity contribution is 6.31. The summed E-state index contributed by atoms with van der Waals surface area (Å²) in [6.45, 7) is 1.55. The minimum absolute atomic E-state index is 0.230. The van der Waals surface area contributed by atoms with Crippen LogP contribution in [-0.2, 0) is 19.6 Å². The van der Waals surface area contributed by atoms with E-state index in [1.807, 2.05) is 30.3 Å². The van der Waals surface area contributed by atoms with Crippen molar-refractivity contribution in [3.63, 3.8) is 0 Å². The van der Waals surface area contributed by atoms with Gasteiger partial charge in [0.1, 0.15) is 24.0 Å². The summed E-state index contributed by atoms with van der Waals surface area (Å²) in [5.74, 6) is 3.30. The lowest BCUT2D eigenvalue weighted by Crippen LogP contribution is -2.52. The Kier molecular flexibility index (Phi) is 5.25. The average Bonchev–Trinajstić information content (AvgIpc) is 3.39. The SMILES string of the molecule is O=c1nc(OCCc2ccc(Oc3ccc(Cl)c(CF)c3)cc2)cc2n1CCC13CC(CN21)C3. The number of hydrogen-bond donors (Lipinski definition) is 0. The summed E-state index contributed by atoms with van der Waals surface area (Å²) in [5.41, 5.74) is 1.51. The van der Waals surface area contributed by atoms with E-state index < -0.39 is 6.67 Å². The van der Waals surface area contributed by atoms with E-state index in [0.29, 0.717) is 41.0 Å². The van der Waals surface area contributed by atoms with Gasteiger partial charge in [0.15, 0.2) is 0 Å². The molecule has 2 aromatic carbocycles. The van der Waals surface area contributed by atoms with Gasteiger partial charge in [0.05, 0.1) is 6.61 Å². The van der Waals surface area contributed by atoms with Crippen LogP contribution in [0.5, 0.6) is 17.4 Å². The number of hydrogen-bond acceptors (Lipinski definition) is 5. The lowest BCUT2D eigenvalue weighted by atomic mass is 9.71. The molecule has 7 rings (SSSR count). The molecule has 3 aliphatic heterocycles. The third-order valence-electron chi connectivity index (χ3n) is 7.35. The summed E-state index contributed by atoms with van der Waals surface area (Å²) in [5, 5.41) is 0.387. The number of anilines is 1. The lowest BCUT2D eigenvalue weighted by molar-refractivity contribution is 0.204. The van der Waals surface area contributed by atoms with E-state index in [9.17, 15) is 9.18 Å². The Bertz CT molecular complexity index is 1290. The molecule has 4 heterocycles. The third-order valence-corrected chi connectivity index (χ3v) is 7.72. The van der Waals surface area contributed by atoms with Gasteiger partial charge in [-0.2, -0.15) is 4.98 Å². The van der Waals surface area contributed by atoms with Gasteiger partial charge >= 0.3 is 5.69 Å². The summed E-state index contributed by atoms with van der Waals surface area (Å²) in [6.07, 6.45) is 4.19. The highest BCUT2D eigenvalue weighted by Crippen LogP contribution is 2.56. The van der Waals surface area contributed by atoms with E-state index in [4.69, 9.17) is 21.1 Å². The van der Waals surface area contributed by atoms with Gasteiger partial charge in [-0.25, -0.2) is 9.18 Å². The van der Waals surface area contributed by atoms with Crippen molar-refractivity contribution < 1.29 is 13.9 Å². The summed E-state index contributed by atoms with van der Waals surface area (Å²) < 4.78 is 26.5. The van der Waals surface area contributed by atoms with Crippen molar-refractivity contribution in [3.8, 4) is 17.4 Å². The van der Waals surface area contributed by atoms with Gasteiger partial charge in [0.2, 0.25) is 5.88 Å². The van der Waals surface area contributed by atoms with Gasteiger partial charge in [0.25, 0.3) is 0 Å².